The van der Waals surface area contributed by atoms with Gasteiger partial charge in [0, 0.05) is 13.5 Å². The SMILES string of the molecule is COc1ccc(COC(=O)C2(C=P(c3ccccc3)(c3ccccc3)c3ccccc3)CN3C(=O)C(c4ccccc4)[C@H]3SC2NC(C)=O)cc1. The van der Waals surface area contributed by atoms with Crippen molar-refractivity contribution in [2.24, 2.45) is 5.41 Å². The van der Waals surface area contributed by atoms with Crippen molar-refractivity contribution in [1.82, 2.24) is 10.2 Å². The third-order valence-electron chi connectivity index (χ3n) is 9.63. The summed E-state index contributed by atoms with van der Waals surface area (Å²) in [4.78, 5) is 44.1. The zero-order chi connectivity index (χ0) is 35.4. The molecule has 2 amide bonds. The van der Waals surface area contributed by atoms with Crippen LogP contribution in [0.5, 0.6) is 5.75 Å². The quantitative estimate of drug-likeness (QED) is 0.114. The number of carbonyl (C=O) groups is 3. The number of nitrogens with one attached hydrogen (secondary N) is 1. The summed E-state index contributed by atoms with van der Waals surface area (Å²) in [5, 5.41) is 5.27. The third kappa shape index (κ3) is 6.50. The first kappa shape index (κ1) is 34.4. The molecule has 0 aromatic heterocycles. The Morgan fingerprint density at radius 1 is 0.804 bits per heavy atom. The molecule has 0 radical (unpaired) electrons. The highest BCUT2D eigenvalue weighted by Gasteiger charge is 2.62. The molecule has 2 saturated heterocycles. The minimum Gasteiger partial charge on any atom is -0.497 e. The minimum absolute atomic E-state index is 0.00729. The van der Waals surface area contributed by atoms with Gasteiger partial charge in [0.2, 0.25) is 11.8 Å². The van der Waals surface area contributed by atoms with Gasteiger partial charge in [0.15, 0.2) is 0 Å². The average Bonchev–Trinajstić information content (AvgIpc) is 3.18. The number of methoxy groups -OCH3 is 1. The predicted molar refractivity (Wildman–Crippen MR) is 206 cm³/mol. The van der Waals surface area contributed by atoms with Crippen LogP contribution in [0.2, 0.25) is 0 Å². The Labute approximate surface area is 303 Å². The number of amides is 2. The first-order chi connectivity index (χ1) is 24.9. The summed E-state index contributed by atoms with van der Waals surface area (Å²) in [6.07, 6.45) is 0. The molecule has 0 bridgehead atoms. The molecule has 0 spiro atoms. The first-order valence-corrected chi connectivity index (χ1v) is 19.7. The van der Waals surface area contributed by atoms with Crippen LogP contribution in [0.25, 0.3) is 0 Å². The van der Waals surface area contributed by atoms with Gasteiger partial charge in [0.05, 0.1) is 23.8 Å². The van der Waals surface area contributed by atoms with Crippen LogP contribution in [-0.2, 0) is 25.7 Å². The fraction of sp³-hybridized carbons (Fsp3) is 0.190. The van der Waals surface area contributed by atoms with Crippen molar-refractivity contribution in [3.8, 4) is 5.75 Å². The zero-order valence-corrected chi connectivity index (χ0v) is 30.1. The first-order valence-electron chi connectivity index (χ1n) is 16.9. The summed E-state index contributed by atoms with van der Waals surface area (Å²) in [6, 6.07) is 47.7. The number of fused-ring (bicyclic) bond motifs is 1. The van der Waals surface area contributed by atoms with E-state index in [0.717, 1.165) is 27.0 Å². The normalized spacial score (nSPS) is 21.1. The van der Waals surface area contributed by atoms with Crippen LogP contribution in [0, 0.1) is 5.41 Å². The Hall–Kier alpha value is -5.04. The van der Waals surface area contributed by atoms with E-state index in [1.807, 2.05) is 109 Å². The van der Waals surface area contributed by atoms with Gasteiger partial charge in [-0.05, 0) is 46.1 Å². The number of ether oxygens (including phenoxy) is 2. The minimum atomic E-state index is -2.79. The number of hydrogen-bond donors (Lipinski definition) is 1. The van der Waals surface area contributed by atoms with Crippen LogP contribution >= 0.6 is 18.6 Å². The predicted octanol–water partition coefficient (Wildman–Crippen LogP) is 5.68. The van der Waals surface area contributed by atoms with E-state index in [1.165, 1.54) is 18.7 Å². The summed E-state index contributed by atoms with van der Waals surface area (Å²) in [5.74, 6) is 1.63. The number of β-lactam (4-membered cyclic amide) rings is 1. The Balaban J connectivity index is 1.46. The molecule has 7 nitrogen and oxygen atoms in total. The molecule has 0 saturated carbocycles. The van der Waals surface area contributed by atoms with Crippen molar-refractivity contribution in [2.75, 3.05) is 13.7 Å². The van der Waals surface area contributed by atoms with Crippen LogP contribution in [0.1, 0.15) is 24.0 Å². The van der Waals surface area contributed by atoms with E-state index >= 15 is 4.79 Å². The molecular weight excluding hydrogens is 676 g/mol. The highest BCUT2D eigenvalue weighted by molar-refractivity contribution is 8.01. The van der Waals surface area contributed by atoms with Gasteiger partial charge < -0.3 is 19.7 Å². The Bertz CT molecular complexity index is 1960. The Kier molecular flexibility index (Phi) is 9.90. The molecular formula is C42H39N2O5PS. The average molecular weight is 715 g/mol. The van der Waals surface area contributed by atoms with E-state index in [4.69, 9.17) is 9.47 Å². The van der Waals surface area contributed by atoms with E-state index in [0.29, 0.717) is 5.75 Å². The van der Waals surface area contributed by atoms with Gasteiger partial charge in [-0.25, -0.2) is 0 Å². The summed E-state index contributed by atoms with van der Waals surface area (Å²) in [6.45, 7) is -1.26. The zero-order valence-electron chi connectivity index (χ0n) is 28.4. The highest BCUT2D eigenvalue weighted by atomic mass is 32.2. The van der Waals surface area contributed by atoms with Crippen LogP contribution in [0.4, 0.5) is 0 Å². The number of thioether (sulfide) groups is 1. The lowest BCUT2D eigenvalue weighted by Crippen LogP contribution is -2.70. The number of carbonyl (C=O) groups excluding carboxylic acids is 3. The van der Waals surface area contributed by atoms with Gasteiger partial charge in [-0.15, -0.1) is 11.8 Å². The van der Waals surface area contributed by atoms with Crippen LogP contribution in [0.3, 0.4) is 0 Å². The van der Waals surface area contributed by atoms with Gasteiger partial charge in [-0.1, -0.05) is 139 Å². The molecule has 0 aliphatic carbocycles. The summed E-state index contributed by atoms with van der Waals surface area (Å²) < 4.78 is 11.6. The van der Waals surface area contributed by atoms with Gasteiger partial charge in [0.25, 0.3) is 0 Å². The molecule has 7 rings (SSSR count). The fourth-order valence-electron chi connectivity index (χ4n) is 7.13. The molecule has 4 atom stereocenters. The smallest absolute Gasteiger partial charge is 0.321 e. The maximum absolute atomic E-state index is 15.2. The van der Waals surface area contributed by atoms with Crippen molar-refractivity contribution in [3.05, 3.63) is 157 Å². The third-order valence-corrected chi connectivity index (χ3v) is 15.4. The van der Waals surface area contributed by atoms with Crippen LogP contribution in [-0.4, -0.2) is 52.9 Å². The molecule has 51 heavy (non-hydrogen) atoms. The van der Waals surface area contributed by atoms with E-state index in [-0.39, 0.29) is 30.3 Å². The lowest BCUT2D eigenvalue weighted by atomic mass is 9.83. The Morgan fingerprint density at radius 2 is 1.31 bits per heavy atom. The molecule has 5 aromatic carbocycles. The van der Waals surface area contributed by atoms with E-state index in [1.54, 1.807) is 12.0 Å². The maximum atomic E-state index is 15.2. The number of hydrogen-bond acceptors (Lipinski definition) is 6. The fourth-order valence-corrected chi connectivity index (χ4v) is 13.3. The lowest BCUT2D eigenvalue weighted by molar-refractivity contribution is -0.159. The number of benzene rings is 5. The van der Waals surface area contributed by atoms with E-state index < -0.39 is 29.6 Å². The second-order valence-electron chi connectivity index (χ2n) is 12.8. The molecule has 3 unspecified atom stereocenters. The summed E-state index contributed by atoms with van der Waals surface area (Å²) >= 11 is 1.45. The summed E-state index contributed by atoms with van der Waals surface area (Å²) in [5.41, 5.74) is 0.249. The summed E-state index contributed by atoms with van der Waals surface area (Å²) in [7, 11) is 1.60. The van der Waals surface area contributed by atoms with Crippen molar-refractivity contribution >= 4 is 58.1 Å². The second-order valence-corrected chi connectivity index (χ2v) is 17.3. The Morgan fingerprint density at radius 3 is 1.80 bits per heavy atom. The second kappa shape index (κ2) is 14.7. The molecule has 2 aliphatic rings. The van der Waals surface area contributed by atoms with Gasteiger partial charge in [-0.3, -0.25) is 14.4 Å². The largest absolute Gasteiger partial charge is 0.497 e. The van der Waals surface area contributed by atoms with Crippen molar-refractivity contribution < 1.29 is 23.9 Å². The molecule has 1 N–H and O–H groups in total. The standard InChI is InChI=1S/C42H39N2O5PS/c1-30(45)43-40-42(41(47)49-27-31-23-25-33(48-2)26-24-31,28-44-38(46)37(39(44)51-40)32-15-7-3-8-16-32)29-50(34-17-9-4-10-18-34,35-19-11-5-12-20-35)36-21-13-6-14-22-36/h3-26,29,37,39-40H,27-28H2,1-2H3,(H,43,45)/t37?,39-,40?,42?/m1/s1. The van der Waals surface area contributed by atoms with Gasteiger partial charge in [-0.2, -0.15) is 0 Å². The molecule has 258 valence electrons. The molecule has 9 heteroatoms. The van der Waals surface area contributed by atoms with Crippen molar-refractivity contribution in [1.29, 1.82) is 0 Å². The highest BCUT2D eigenvalue weighted by Crippen LogP contribution is 2.55. The van der Waals surface area contributed by atoms with Crippen LogP contribution in [0.15, 0.2) is 146 Å². The van der Waals surface area contributed by atoms with E-state index in [2.05, 4.69) is 47.5 Å². The maximum Gasteiger partial charge on any atom is 0.321 e. The monoisotopic (exact) mass is 714 g/mol. The number of nitrogens with zero attached hydrogens (tertiary/aromatic N) is 1. The van der Waals surface area contributed by atoms with Gasteiger partial charge >= 0.3 is 5.97 Å². The van der Waals surface area contributed by atoms with E-state index in [9.17, 15) is 9.59 Å². The molecule has 5 aromatic rings. The topological polar surface area (TPSA) is 84.9 Å². The number of esters is 1. The van der Waals surface area contributed by atoms with Crippen LogP contribution < -0.4 is 26.0 Å². The van der Waals surface area contributed by atoms with Crippen molar-refractivity contribution in [2.45, 2.75) is 30.2 Å². The molecule has 2 heterocycles. The molecule has 2 fully saturated rings. The number of rotatable bonds is 10. The molecule has 2 aliphatic heterocycles. The van der Waals surface area contributed by atoms with Gasteiger partial charge in [0.1, 0.15) is 17.8 Å². The van der Waals surface area contributed by atoms with Crippen molar-refractivity contribution in [3.63, 3.8) is 0 Å². The lowest BCUT2D eigenvalue weighted by Gasteiger charge is -2.57.